The zero-order valence-corrected chi connectivity index (χ0v) is 18.5. The van der Waals surface area contributed by atoms with Gasteiger partial charge in [0, 0.05) is 17.4 Å². The molecule has 7 heteroatoms. The number of benzene rings is 2. The quantitative estimate of drug-likeness (QED) is 0.402. The number of nitrogens with one attached hydrogen (secondary N) is 2. The van der Waals surface area contributed by atoms with E-state index in [4.69, 9.17) is 16.6 Å². The number of pyridine rings is 1. The van der Waals surface area contributed by atoms with Gasteiger partial charge >= 0.3 is 0 Å². The molecule has 0 bridgehead atoms. The standard InChI is InChI=1S/C26H22N4O2S/c31-23(28-19-11-5-2-6-12-19)17-30-25(24(29-26(30)33)20-13-7-8-16-27-20)22-15-14-21(32-22)18-9-3-1-4-10-18/h1-16,24-25H,17H2,(H,28,31)(H,29,33)/t24-,25-/m1/s1. The van der Waals surface area contributed by atoms with E-state index in [1.807, 2.05) is 95.9 Å². The average Bonchev–Trinajstić information content (AvgIpc) is 3.46. The normalized spacial score (nSPS) is 17.6. The highest BCUT2D eigenvalue weighted by molar-refractivity contribution is 7.80. The number of hydrogen-bond acceptors (Lipinski definition) is 4. The summed E-state index contributed by atoms with van der Waals surface area (Å²) in [5.74, 6) is 1.31. The van der Waals surface area contributed by atoms with Crippen LogP contribution in [-0.2, 0) is 4.79 Å². The van der Waals surface area contributed by atoms with E-state index < -0.39 is 0 Å². The lowest BCUT2D eigenvalue weighted by Gasteiger charge is -2.25. The molecular formula is C26H22N4O2S. The molecule has 2 aromatic carbocycles. The van der Waals surface area contributed by atoms with Crippen molar-refractivity contribution in [3.05, 3.63) is 109 Å². The molecule has 164 valence electrons. The number of hydrogen-bond donors (Lipinski definition) is 2. The smallest absolute Gasteiger partial charge is 0.244 e. The molecule has 1 aliphatic heterocycles. The van der Waals surface area contributed by atoms with Crippen molar-refractivity contribution in [2.75, 3.05) is 11.9 Å². The topological polar surface area (TPSA) is 70.4 Å². The summed E-state index contributed by atoms with van der Waals surface area (Å²) in [7, 11) is 0. The third-order valence-electron chi connectivity index (χ3n) is 5.55. The van der Waals surface area contributed by atoms with Crippen molar-refractivity contribution in [3.63, 3.8) is 0 Å². The number of nitrogens with zero attached hydrogens (tertiary/aromatic N) is 2. The summed E-state index contributed by atoms with van der Waals surface area (Å²) >= 11 is 5.64. The van der Waals surface area contributed by atoms with Gasteiger partial charge in [0.25, 0.3) is 0 Å². The fraction of sp³-hybridized carbons (Fsp3) is 0.115. The lowest BCUT2D eigenvalue weighted by molar-refractivity contribution is -0.116. The molecule has 0 saturated carbocycles. The molecule has 4 aromatic rings. The van der Waals surface area contributed by atoms with E-state index >= 15 is 0 Å². The maximum atomic E-state index is 12.9. The van der Waals surface area contributed by atoms with Crippen LogP contribution in [0.5, 0.6) is 0 Å². The molecule has 33 heavy (non-hydrogen) atoms. The van der Waals surface area contributed by atoms with E-state index in [1.54, 1.807) is 6.20 Å². The Labute approximate surface area is 197 Å². The average molecular weight is 455 g/mol. The molecule has 0 radical (unpaired) electrons. The van der Waals surface area contributed by atoms with Crippen molar-refractivity contribution in [2.24, 2.45) is 0 Å². The zero-order valence-electron chi connectivity index (χ0n) is 17.7. The van der Waals surface area contributed by atoms with Crippen LogP contribution in [0.4, 0.5) is 5.69 Å². The Kier molecular flexibility index (Phi) is 5.87. The fourth-order valence-corrected chi connectivity index (χ4v) is 4.34. The Hall–Kier alpha value is -3.97. The molecule has 0 aliphatic carbocycles. The molecular weight excluding hydrogens is 432 g/mol. The Morgan fingerprint density at radius 3 is 2.42 bits per heavy atom. The molecule has 1 amide bonds. The Morgan fingerprint density at radius 2 is 1.70 bits per heavy atom. The number of carbonyl (C=O) groups is 1. The van der Waals surface area contributed by atoms with Crippen LogP contribution in [0.1, 0.15) is 23.5 Å². The third kappa shape index (κ3) is 4.49. The van der Waals surface area contributed by atoms with E-state index in [1.165, 1.54) is 0 Å². The molecule has 0 unspecified atom stereocenters. The molecule has 1 aliphatic rings. The van der Waals surface area contributed by atoms with Crippen molar-refractivity contribution in [1.29, 1.82) is 0 Å². The minimum atomic E-state index is -0.327. The van der Waals surface area contributed by atoms with Gasteiger partial charge in [0.05, 0.1) is 11.7 Å². The van der Waals surface area contributed by atoms with Gasteiger partial charge in [-0.05, 0) is 48.6 Å². The molecule has 3 heterocycles. The first-order valence-electron chi connectivity index (χ1n) is 10.7. The molecule has 2 atom stereocenters. The lowest BCUT2D eigenvalue weighted by Crippen LogP contribution is -2.36. The molecule has 0 spiro atoms. The number of carbonyl (C=O) groups excluding carboxylic acids is 1. The summed E-state index contributed by atoms with van der Waals surface area (Å²) in [5, 5.41) is 6.76. The predicted octanol–water partition coefficient (Wildman–Crippen LogP) is 4.95. The number of thiocarbonyl (C=S) groups is 1. The number of furan rings is 1. The largest absolute Gasteiger partial charge is 0.459 e. The van der Waals surface area contributed by atoms with Crippen LogP contribution in [0.25, 0.3) is 11.3 Å². The summed E-state index contributed by atoms with van der Waals surface area (Å²) in [4.78, 5) is 19.3. The van der Waals surface area contributed by atoms with Crippen LogP contribution in [-0.4, -0.2) is 27.4 Å². The number of rotatable bonds is 6. The second-order valence-electron chi connectivity index (χ2n) is 7.74. The van der Waals surface area contributed by atoms with Crippen LogP contribution in [0.15, 0.2) is 102 Å². The number of para-hydroxylation sites is 1. The first-order valence-corrected chi connectivity index (χ1v) is 11.1. The monoisotopic (exact) mass is 454 g/mol. The van der Waals surface area contributed by atoms with Gasteiger partial charge in [0.15, 0.2) is 5.11 Å². The van der Waals surface area contributed by atoms with Crippen molar-refractivity contribution in [1.82, 2.24) is 15.2 Å². The lowest BCUT2D eigenvalue weighted by atomic mass is 10.0. The Morgan fingerprint density at radius 1 is 0.970 bits per heavy atom. The van der Waals surface area contributed by atoms with Crippen molar-refractivity contribution in [3.8, 4) is 11.3 Å². The molecule has 1 saturated heterocycles. The van der Waals surface area contributed by atoms with Crippen LogP contribution in [0, 0.1) is 0 Å². The maximum Gasteiger partial charge on any atom is 0.244 e. The summed E-state index contributed by atoms with van der Waals surface area (Å²) in [5.41, 5.74) is 2.55. The minimum absolute atomic E-state index is 0.0795. The van der Waals surface area contributed by atoms with E-state index in [2.05, 4.69) is 15.6 Å². The number of aromatic nitrogens is 1. The van der Waals surface area contributed by atoms with Crippen molar-refractivity contribution in [2.45, 2.75) is 12.1 Å². The van der Waals surface area contributed by atoms with E-state index in [0.29, 0.717) is 10.9 Å². The second-order valence-corrected chi connectivity index (χ2v) is 8.12. The molecule has 5 rings (SSSR count). The van der Waals surface area contributed by atoms with Crippen LogP contribution in [0.3, 0.4) is 0 Å². The first-order chi connectivity index (χ1) is 16.2. The van der Waals surface area contributed by atoms with Crippen LogP contribution >= 0.6 is 12.2 Å². The third-order valence-corrected chi connectivity index (χ3v) is 5.90. The van der Waals surface area contributed by atoms with Gasteiger partial charge in [0.2, 0.25) is 5.91 Å². The highest BCUT2D eigenvalue weighted by Crippen LogP contribution is 2.40. The molecule has 2 N–H and O–H groups in total. The Bertz CT molecular complexity index is 1250. The van der Waals surface area contributed by atoms with Gasteiger partial charge < -0.3 is 20.0 Å². The Balaban J connectivity index is 1.46. The van der Waals surface area contributed by atoms with Crippen LogP contribution < -0.4 is 10.6 Å². The van der Waals surface area contributed by atoms with Gasteiger partial charge in [-0.15, -0.1) is 0 Å². The summed E-state index contributed by atoms with van der Waals surface area (Å²) in [6.07, 6.45) is 1.75. The van der Waals surface area contributed by atoms with Gasteiger partial charge in [-0.2, -0.15) is 0 Å². The molecule has 6 nitrogen and oxygen atoms in total. The van der Waals surface area contributed by atoms with E-state index in [-0.39, 0.29) is 24.5 Å². The summed E-state index contributed by atoms with van der Waals surface area (Å²) in [6, 6.07) is 28.4. The van der Waals surface area contributed by atoms with Gasteiger partial charge in [-0.1, -0.05) is 54.6 Å². The van der Waals surface area contributed by atoms with Gasteiger partial charge in [0.1, 0.15) is 24.1 Å². The number of anilines is 1. The highest BCUT2D eigenvalue weighted by Gasteiger charge is 2.42. The minimum Gasteiger partial charge on any atom is -0.459 e. The predicted molar refractivity (Wildman–Crippen MR) is 131 cm³/mol. The molecule has 1 fully saturated rings. The van der Waals surface area contributed by atoms with Crippen LogP contribution in [0.2, 0.25) is 0 Å². The molecule has 2 aromatic heterocycles. The SMILES string of the molecule is O=C(CN1C(=S)N[C@H](c2ccccn2)[C@H]1c1ccc(-c2ccccc2)o1)Nc1ccccc1. The van der Waals surface area contributed by atoms with E-state index in [0.717, 1.165) is 22.7 Å². The van der Waals surface area contributed by atoms with Gasteiger partial charge in [-0.25, -0.2) is 0 Å². The zero-order chi connectivity index (χ0) is 22.6. The van der Waals surface area contributed by atoms with E-state index in [9.17, 15) is 4.79 Å². The first kappa shape index (κ1) is 20.9. The second kappa shape index (κ2) is 9.26. The van der Waals surface area contributed by atoms with Crippen molar-refractivity contribution >= 4 is 28.9 Å². The highest BCUT2D eigenvalue weighted by atomic mass is 32.1. The fourth-order valence-electron chi connectivity index (χ4n) is 4.03. The van der Waals surface area contributed by atoms with Gasteiger partial charge in [-0.3, -0.25) is 9.78 Å². The summed E-state index contributed by atoms with van der Waals surface area (Å²) in [6.45, 7) is 0.0795. The maximum absolute atomic E-state index is 12.9. The number of amides is 1. The van der Waals surface area contributed by atoms with Crippen molar-refractivity contribution < 1.29 is 9.21 Å². The summed E-state index contributed by atoms with van der Waals surface area (Å²) < 4.78 is 6.28.